The molecule has 1 atom stereocenters. The van der Waals surface area contributed by atoms with Crippen LogP contribution in [0.25, 0.3) is 0 Å². The fourth-order valence-corrected chi connectivity index (χ4v) is 4.27. The van der Waals surface area contributed by atoms with Crippen LogP contribution in [-0.2, 0) is 13.1 Å². The Labute approximate surface area is 197 Å². The largest absolute Gasteiger partial charge is 0.493 e. The van der Waals surface area contributed by atoms with E-state index in [-0.39, 0.29) is 17.0 Å². The normalized spacial score (nSPS) is 14.8. The minimum absolute atomic E-state index is 0.00971. The maximum absolute atomic E-state index is 13.7. The first-order valence-corrected chi connectivity index (χ1v) is 11.1. The Bertz CT molecular complexity index is 1320. The molecule has 2 aromatic heterocycles. The number of fused-ring (bicyclic) bond motifs is 1. The first-order chi connectivity index (χ1) is 16.5. The summed E-state index contributed by atoms with van der Waals surface area (Å²) in [6.45, 7) is 5.47. The molecule has 1 aromatic carbocycles. The first kappa shape index (κ1) is 23.0. The molecule has 0 unspecified atom stereocenters. The molecule has 1 aliphatic rings. The smallest absolute Gasteiger partial charge is 0.258 e. The summed E-state index contributed by atoms with van der Waals surface area (Å²) in [5, 5.41) is 9.90. The third-order valence-electron chi connectivity index (χ3n) is 5.87. The van der Waals surface area contributed by atoms with Crippen molar-refractivity contribution in [3.8, 4) is 23.3 Å². The van der Waals surface area contributed by atoms with Gasteiger partial charge < -0.3 is 29.1 Å². The number of hydrogen-bond donors (Lipinski definition) is 1. The Morgan fingerprint density at radius 1 is 1.26 bits per heavy atom. The highest BCUT2D eigenvalue weighted by Crippen LogP contribution is 2.42. The molecular formula is C25H27N5O4. The van der Waals surface area contributed by atoms with Crippen molar-refractivity contribution < 1.29 is 14.2 Å². The molecule has 0 radical (unpaired) electrons. The monoisotopic (exact) mass is 461 g/mol. The van der Waals surface area contributed by atoms with Crippen molar-refractivity contribution in [2.45, 2.75) is 39.3 Å². The van der Waals surface area contributed by atoms with Gasteiger partial charge in [0, 0.05) is 37.2 Å². The van der Waals surface area contributed by atoms with Crippen LogP contribution < -0.4 is 25.5 Å². The summed E-state index contributed by atoms with van der Waals surface area (Å²) in [6.07, 6.45) is 6.10. The van der Waals surface area contributed by atoms with E-state index in [1.807, 2.05) is 30.7 Å². The number of benzene rings is 1. The van der Waals surface area contributed by atoms with Gasteiger partial charge in [-0.25, -0.2) is 4.98 Å². The molecule has 3 aromatic rings. The van der Waals surface area contributed by atoms with Crippen molar-refractivity contribution in [3.05, 3.63) is 81.6 Å². The molecule has 176 valence electrons. The number of hydrogen-bond acceptors (Lipinski definition) is 7. The number of nitrogens with zero attached hydrogens (tertiary/aromatic N) is 4. The van der Waals surface area contributed by atoms with Crippen LogP contribution in [0.4, 0.5) is 0 Å². The number of nitrogens with two attached hydrogens (primary N) is 1. The zero-order chi connectivity index (χ0) is 24.2. The molecular weight excluding hydrogens is 434 g/mol. The lowest BCUT2D eigenvalue weighted by molar-refractivity contribution is 0.310. The lowest BCUT2D eigenvalue weighted by Gasteiger charge is -2.27. The highest BCUT2D eigenvalue weighted by Gasteiger charge is 2.34. The van der Waals surface area contributed by atoms with Gasteiger partial charge >= 0.3 is 0 Å². The summed E-state index contributed by atoms with van der Waals surface area (Å²) >= 11 is 0. The summed E-state index contributed by atoms with van der Waals surface area (Å²) < 4.78 is 20.5. The van der Waals surface area contributed by atoms with E-state index in [9.17, 15) is 10.1 Å². The second-order valence-electron chi connectivity index (χ2n) is 7.94. The van der Waals surface area contributed by atoms with E-state index >= 15 is 0 Å². The predicted octanol–water partition coefficient (Wildman–Crippen LogP) is 3.07. The van der Waals surface area contributed by atoms with Crippen LogP contribution in [0.1, 0.15) is 36.1 Å². The summed E-state index contributed by atoms with van der Waals surface area (Å²) in [5.41, 5.74) is 7.91. The van der Waals surface area contributed by atoms with Gasteiger partial charge in [-0.05, 0) is 38.0 Å². The van der Waals surface area contributed by atoms with Crippen LogP contribution in [0, 0.1) is 18.3 Å². The van der Waals surface area contributed by atoms with E-state index in [0.29, 0.717) is 41.5 Å². The number of methoxy groups -OCH3 is 1. The van der Waals surface area contributed by atoms with Crippen LogP contribution in [0.15, 0.2) is 59.2 Å². The van der Waals surface area contributed by atoms with E-state index in [1.54, 1.807) is 42.4 Å². The average Bonchev–Trinajstić information content (AvgIpc) is 3.34. The molecule has 1 aliphatic heterocycles. The second kappa shape index (κ2) is 9.75. The van der Waals surface area contributed by atoms with Crippen molar-refractivity contribution in [3.63, 3.8) is 0 Å². The maximum Gasteiger partial charge on any atom is 0.258 e. The third-order valence-corrected chi connectivity index (χ3v) is 5.87. The van der Waals surface area contributed by atoms with Crippen molar-refractivity contribution in [2.24, 2.45) is 5.73 Å². The minimum atomic E-state index is -0.689. The van der Waals surface area contributed by atoms with Crippen LogP contribution in [0.2, 0.25) is 0 Å². The standard InChI is InChI=1S/C25H27N5O4/c1-4-33-19-7-6-17(13-20(19)32-3)22-18(14-26)24(27)34-21-12-16(2)30(25(31)23(21)22)10-5-9-29-11-8-28-15-29/h6-8,11-13,15,22H,4-5,9-10,27H2,1-3H3/t22-/m1/s1. The Balaban J connectivity index is 1.79. The Morgan fingerprint density at radius 2 is 2.09 bits per heavy atom. The molecule has 0 saturated carbocycles. The van der Waals surface area contributed by atoms with E-state index < -0.39 is 5.92 Å². The Morgan fingerprint density at radius 3 is 2.76 bits per heavy atom. The van der Waals surface area contributed by atoms with Gasteiger partial charge in [-0.1, -0.05) is 6.07 Å². The summed E-state index contributed by atoms with van der Waals surface area (Å²) in [6, 6.07) is 9.31. The molecule has 0 fully saturated rings. The van der Waals surface area contributed by atoms with Gasteiger partial charge in [0.05, 0.1) is 31.5 Å². The molecule has 2 N–H and O–H groups in total. The number of imidazole rings is 1. The second-order valence-corrected chi connectivity index (χ2v) is 7.94. The molecule has 34 heavy (non-hydrogen) atoms. The van der Waals surface area contributed by atoms with Gasteiger partial charge in [0.2, 0.25) is 5.88 Å². The number of allylic oxidation sites excluding steroid dienone is 1. The number of ether oxygens (including phenoxy) is 3. The lowest BCUT2D eigenvalue weighted by Crippen LogP contribution is -2.33. The average molecular weight is 462 g/mol. The van der Waals surface area contributed by atoms with Crippen LogP contribution in [-0.4, -0.2) is 27.8 Å². The molecule has 9 heteroatoms. The van der Waals surface area contributed by atoms with Crippen LogP contribution in [0.3, 0.4) is 0 Å². The first-order valence-electron chi connectivity index (χ1n) is 11.1. The highest BCUT2D eigenvalue weighted by molar-refractivity contribution is 5.57. The van der Waals surface area contributed by atoms with Gasteiger partial charge in [0.1, 0.15) is 17.4 Å². The lowest BCUT2D eigenvalue weighted by atomic mass is 9.84. The van der Waals surface area contributed by atoms with Crippen LogP contribution in [0.5, 0.6) is 17.2 Å². The summed E-state index contributed by atoms with van der Waals surface area (Å²) in [7, 11) is 1.55. The van der Waals surface area contributed by atoms with Crippen molar-refractivity contribution in [1.29, 1.82) is 5.26 Å². The molecule has 9 nitrogen and oxygen atoms in total. The van der Waals surface area contributed by atoms with E-state index in [1.165, 1.54) is 0 Å². The van der Waals surface area contributed by atoms with Gasteiger partial charge in [-0.2, -0.15) is 5.26 Å². The molecule has 0 amide bonds. The summed E-state index contributed by atoms with van der Waals surface area (Å²) in [4.78, 5) is 17.8. The SMILES string of the molecule is CCOc1ccc([C@@H]2C(C#N)=C(N)Oc3cc(C)n(CCCn4ccnc4)c(=O)c32)cc1OC. The van der Waals surface area contributed by atoms with Crippen LogP contribution >= 0.6 is 0 Å². The zero-order valence-electron chi connectivity index (χ0n) is 19.4. The number of aromatic nitrogens is 3. The van der Waals surface area contributed by atoms with Gasteiger partial charge in [-0.15, -0.1) is 0 Å². The molecule has 0 bridgehead atoms. The molecule has 3 heterocycles. The number of aryl methyl sites for hydroxylation is 2. The van der Waals surface area contributed by atoms with E-state index in [2.05, 4.69) is 11.1 Å². The van der Waals surface area contributed by atoms with Gasteiger partial charge in [0.15, 0.2) is 11.5 Å². The van der Waals surface area contributed by atoms with Gasteiger partial charge in [-0.3, -0.25) is 4.79 Å². The number of nitriles is 1. The Kier molecular flexibility index (Phi) is 6.59. The number of rotatable bonds is 8. The fourth-order valence-electron chi connectivity index (χ4n) is 4.27. The third kappa shape index (κ3) is 4.22. The quantitative estimate of drug-likeness (QED) is 0.548. The Hall–Kier alpha value is -4.19. The van der Waals surface area contributed by atoms with Crippen molar-refractivity contribution in [1.82, 2.24) is 14.1 Å². The fraction of sp³-hybridized carbons (Fsp3) is 0.320. The minimum Gasteiger partial charge on any atom is -0.493 e. The zero-order valence-corrected chi connectivity index (χ0v) is 19.4. The summed E-state index contributed by atoms with van der Waals surface area (Å²) in [5.74, 6) is 0.756. The van der Waals surface area contributed by atoms with E-state index in [0.717, 1.165) is 18.7 Å². The van der Waals surface area contributed by atoms with Crippen molar-refractivity contribution >= 4 is 0 Å². The predicted molar refractivity (Wildman–Crippen MR) is 126 cm³/mol. The maximum atomic E-state index is 13.7. The molecule has 0 aliphatic carbocycles. The number of pyridine rings is 1. The van der Waals surface area contributed by atoms with Gasteiger partial charge in [0.25, 0.3) is 5.56 Å². The molecule has 4 rings (SSSR count). The van der Waals surface area contributed by atoms with Crippen molar-refractivity contribution in [2.75, 3.05) is 13.7 Å². The molecule has 0 spiro atoms. The topological polar surface area (TPSA) is 117 Å². The highest BCUT2D eigenvalue weighted by atomic mass is 16.5. The molecule has 0 saturated heterocycles. The van der Waals surface area contributed by atoms with E-state index in [4.69, 9.17) is 19.9 Å².